The lowest BCUT2D eigenvalue weighted by atomic mass is 10.2. The first kappa shape index (κ1) is 17.1. The van der Waals surface area contributed by atoms with E-state index in [0.29, 0.717) is 12.1 Å². The van der Waals surface area contributed by atoms with Crippen molar-refractivity contribution < 1.29 is 22.7 Å². The van der Waals surface area contributed by atoms with Gasteiger partial charge in [-0.25, -0.2) is 13.1 Å². The molecule has 116 valence electrons. The molecule has 0 spiro atoms. The highest BCUT2D eigenvalue weighted by molar-refractivity contribution is 7.89. The number of rotatable bonds is 7. The van der Waals surface area contributed by atoms with Crippen LogP contribution in [-0.4, -0.2) is 40.5 Å². The van der Waals surface area contributed by atoms with Crippen molar-refractivity contribution in [3.63, 3.8) is 0 Å². The number of methoxy groups -OCH3 is 1. The van der Waals surface area contributed by atoms with E-state index in [4.69, 9.17) is 0 Å². The zero-order valence-corrected chi connectivity index (χ0v) is 12.7. The summed E-state index contributed by atoms with van der Waals surface area (Å²) in [5, 5.41) is 2.49. The summed E-state index contributed by atoms with van der Waals surface area (Å²) >= 11 is 0. The first-order chi connectivity index (χ1) is 9.89. The Bertz CT molecular complexity index is 595. The molecule has 0 aromatic heterocycles. The van der Waals surface area contributed by atoms with Crippen LogP contribution in [0.1, 0.15) is 12.5 Å². The summed E-state index contributed by atoms with van der Waals surface area (Å²) in [5.41, 5.74) is 0.643. The summed E-state index contributed by atoms with van der Waals surface area (Å²) < 4.78 is 30.6. The van der Waals surface area contributed by atoms with E-state index in [2.05, 4.69) is 14.8 Å². The first-order valence-electron chi connectivity index (χ1n) is 6.31. The summed E-state index contributed by atoms with van der Waals surface area (Å²) in [7, 11) is -2.47. The number of hydrogen-bond acceptors (Lipinski definition) is 5. The van der Waals surface area contributed by atoms with E-state index in [1.807, 2.05) is 0 Å². The number of ether oxygens (including phenoxy) is 1. The van der Waals surface area contributed by atoms with Crippen LogP contribution >= 0.6 is 0 Å². The van der Waals surface area contributed by atoms with Crippen LogP contribution in [0.25, 0.3) is 0 Å². The van der Waals surface area contributed by atoms with Crippen molar-refractivity contribution in [2.45, 2.75) is 18.2 Å². The fourth-order valence-corrected chi connectivity index (χ4v) is 2.51. The minimum atomic E-state index is -3.75. The fraction of sp³-hybridized carbons (Fsp3) is 0.385. The van der Waals surface area contributed by atoms with Gasteiger partial charge in [-0.1, -0.05) is 12.1 Å². The quantitative estimate of drug-likeness (QED) is 0.680. The number of sulfonamides is 1. The maximum atomic E-state index is 11.9. The van der Waals surface area contributed by atoms with Crippen molar-refractivity contribution in [3.05, 3.63) is 29.8 Å². The molecular weight excluding hydrogens is 296 g/mol. The minimum absolute atomic E-state index is 0.0282. The second-order valence-electron chi connectivity index (χ2n) is 4.17. The maximum absolute atomic E-state index is 11.9. The largest absolute Gasteiger partial charge is 0.469 e. The molecular formula is C13H18N2O5S. The Labute approximate surface area is 123 Å². The Morgan fingerprint density at radius 3 is 2.33 bits per heavy atom. The molecule has 0 aliphatic rings. The van der Waals surface area contributed by atoms with Crippen molar-refractivity contribution in [1.82, 2.24) is 10.0 Å². The number of likely N-dealkylation sites (N-methyl/N-ethyl adjacent to an activating group) is 1. The van der Waals surface area contributed by atoms with Gasteiger partial charge >= 0.3 is 5.97 Å². The van der Waals surface area contributed by atoms with Gasteiger partial charge in [0.25, 0.3) is 0 Å². The second-order valence-corrected chi connectivity index (χ2v) is 5.94. The SMILES string of the molecule is CCNC(=O)CNS(=O)(=O)c1ccc(CC(=O)OC)cc1. The summed E-state index contributed by atoms with van der Waals surface area (Å²) in [5.74, 6) is -0.802. The molecule has 0 saturated heterocycles. The third-order valence-electron chi connectivity index (χ3n) is 2.61. The first-order valence-corrected chi connectivity index (χ1v) is 7.79. The van der Waals surface area contributed by atoms with E-state index in [9.17, 15) is 18.0 Å². The lowest BCUT2D eigenvalue weighted by Gasteiger charge is -2.07. The Hall–Kier alpha value is -1.93. The molecule has 0 radical (unpaired) electrons. The molecule has 0 fully saturated rings. The number of nitrogens with one attached hydrogen (secondary N) is 2. The van der Waals surface area contributed by atoms with E-state index in [0.717, 1.165) is 0 Å². The predicted molar refractivity (Wildman–Crippen MR) is 76.0 cm³/mol. The van der Waals surface area contributed by atoms with E-state index in [1.165, 1.54) is 31.4 Å². The normalized spacial score (nSPS) is 11.0. The number of benzene rings is 1. The molecule has 2 N–H and O–H groups in total. The Morgan fingerprint density at radius 1 is 1.19 bits per heavy atom. The molecule has 0 unspecified atom stereocenters. The van der Waals surface area contributed by atoms with Crippen LogP contribution in [-0.2, 0) is 30.8 Å². The Morgan fingerprint density at radius 2 is 1.81 bits per heavy atom. The highest BCUT2D eigenvalue weighted by Gasteiger charge is 2.15. The molecule has 0 aliphatic carbocycles. The van der Waals surface area contributed by atoms with E-state index in [-0.39, 0.29) is 17.9 Å². The number of esters is 1. The van der Waals surface area contributed by atoms with Gasteiger partial charge in [0, 0.05) is 6.54 Å². The Kier molecular flexibility index (Phi) is 6.32. The molecule has 0 bridgehead atoms. The molecule has 8 heteroatoms. The van der Waals surface area contributed by atoms with Gasteiger partial charge in [0.15, 0.2) is 0 Å². The zero-order valence-electron chi connectivity index (χ0n) is 11.9. The van der Waals surface area contributed by atoms with Gasteiger partial charge in [0.1, 0.15) is 0 Å². The molecule has 1 rings (SSSR count). The number of amides is 1. The average molecular weight is 314 g/mol. The third-order valence-corrected chi connectivity index (χ3v) is 4.02. The van der Waals surface area contributed by atoms with E-state index >= 15 is 0 Å². The highest BCUT2D eigenvalue weighted by atomic mass is 32.2. The average Bonchev–Trinajstić information content (AvgIpc) is 2.46. The molecule has 1 aromatic rings. The van der Waals surface area contributed by atoms with E-state index < -0.39 is 21.9 Å². The monoisotopic (exact) mass is 314 g/mol. The van der Waals surface area contributed by atoms with Crippen LogP contribution in [0.2, 0.25) is 0 Å². The van der Waals surface area contributed by atoms with Crippen LogP contribution in [0.3, 0.4) is 0 Å². The molecule has 21 heavy (non-hydrogen) atoms. The van der Waals surface area contributed by atoms with Crippen molar-refractivity contribution >= 4 is 21.9 Å². The van der Waals surface area contributed by atoms with Gasteiger partial charge in [-0.15, -0.1) is 0 Å². The lowest BCUT2D eigenvalue weighted by molar-refractivity contribution is -0.139. The van der Waals surface area contributed by atoms with Crippen LogP contribution in [0, 0.1) is 0 Å². The van der Waals surface area contributed by atoms with Crippen molar-refractivity contribution in [2.75, 3.05) is 20.2 Å². The molecule has 1 amide bonds. The molecule has 0 heterocycles. The van der Waals surface area contributed by atoms with Crippen molar-refractivity contribution in [2.24, 2.45) is 0 Å². The molecule has 7 nitrogen and oxygen atoms in total. The standard InChI is InChI=1S/C13H18N2O5S/c1-3-14-12(16)9-15-21(18,19)11-6-4-10(5-7-11)8-13(17)20-2/h4-7,15H,3,8-9H2,1-2H3,(H,14,16). The van der Waals surface area contributed by atoms with Gasteiger partial charge in [-0.05, 0) is 24.6 Å². The second kappa shape index (κ2) is 7.75. The Balaban J connectivity index is 2.71. The molecule has 0 saturated carbocycles. The van der Waals surface area contributed by atoms with Crippen molar-refractivity contribution in [3.8, 4) is 0 Å². The van der Waals surface area contributed by atoms with Crippen LogP contribution in [0.15, 0.2) is 29.2 Å². The smallest absolute Gasteiger partial charge is 0.309 e. The number of carbonyl (C=O) groups is 2. The van der Waals surface area contributed by atoms with Crippen LogP contribution in [0.4, 0.5) is 0 Å². The topological polar surface area (TPSA) is 102 Å². The summed E-state index contributed by atoms with van der Waals surface area (Å²) in [6.45, 7) is 1.86. The summed E-state index contributed by atoms with van der Waals surface area (Å²) in [6, 6.07) is 5.80. The van der Waals surface area contributed by atoms with E-state index in [1.54, 1.807) is 6.92 Å². The minimum Gasteiger partial charge on any atom is -0.469 e. The fourth-order valence-electron chi connectivity index (χ4n) is 1.53. The summed E-state index contributed by atoms with van der Waals surface area (Å²) in [6.07, 6.45) is 0.0726. The van der Waals surface area contributed by atoms with Gasteiger partial charge in [-0.2, -0.15) is 0 Å². The molecule has 0 atom stereocenters. The van der Waals surface area contributed by atoms with Gasteiger partial charge < -0.3 is 10.1 Å². The van der Waals surface area contributed by atoms with Crippen molar-refractivity contribution in [1.29, 1.82) is 0 Å². The lowest BCUT2D eigenvalue weighted by Crippen LogP contribution is -2.36. The number of carbonyl (C=O) groups excluding carboxylic acids is 2. The number of hydrogen-bond donors (Lipinski definition) is 2. The van der Waals surface area contributed by atoms with Crippen LogP contribution < -0.4 is 10.0 Å². The maximum Gasteiger partial charge on any atom is 0.309 e. The highest BCUT2D eigenvalue weighted by Crippen LogP contribution is 2.11. The predicted octanol–water partition coefficient (Wildman–Crippen LogP) is -0.183. The van der Waals surface area contributed by atoms with Crippen LogP contribution in [0.5, 0.6) is 0 Å². The molecule has 0 aliphatic heterocycles. The van der Waals surface area contributed by atoms with Gasteiger partial charge in [0.2, 0.25) is 15.9 Å². The molecule has 1 aromatic carbocycles. The van der Waals surface area contributed by atoms with Gasteiger partial charge in [0.05, 0.1) is 25.0 Å². The zero-order chi connectivity index (χ0) is 15.9. The van der Waals surface area contributed by atoms with Gasteiger partial charge in [-0.3, -0.25) is 9.59 Å². The third kappa shape index (κ3) is 5.52. The summed E-state index contributed by atoms with van der Waals surface area (Å²) in [4.78, 5) is 22.4.